The first-order valence-electron chi connectivity index (χ1n) is 5.26. The SMILES string of the molecule is Brc1cnn(CCO[C@@H]2CCCCO2)c1. The van der Waals surface area contributed by atoms with Crippen LogP contribution in [0.1, 0.15) is 19.3 Å². The van der Waals surface area contributed by atoms with E-state index < -0.39 is 0 Å². The third-order valence-corrected chi connectivity index (χ3v) is 2.77. The van der Waals surface area contributed by atoms with Crippen LogP contribution >= 0.6 is 15.9 Å². The van der Waals surface area contributed by atoms with Crippen LogP contribution in [0.25, 0.3) is 0 Å². The van der Waals surface area contributed by atoms with Crippen molar-refractivity contribution in [2.75, 3.05) is 13.2 Å². The quantitative estimate of drug-likeness (QED) is 0.845. The Morgan fingerprint density at radius 3 is 3.20 bits per heavy atom. The minimum atomic E-state index is -0.00208. The van der Waals surface area contributed by atoms with Crippen LogP contribution in [0.15, 0.2) is 16.9 Å². The highest BCUT2D eigenvalue weighted by Crippen LogP contribution is 2.13. The Labute approximate surface area is 97.7 Å². The van der Waals surface area contributed by atoms with E-state index in [2.05, 4.69) is 21.0 Å². The Hall–Kier alpha value is -0.390. The van der Waals surface area contributed by atoms with Crippen molar-refractivity contribution >= 4 is 15.9 Å². The Morgan fingerprint density at radius 1 is 1.60 bits per heavy atom. The average Bonchev–Trinajstić information content (AvgIpc) is 2.66. The summed E-state index contributed by atoms with van der Waals surface area (Å²) in [6.07, 6.45) is 7.09. The first-order chi connectivity index (χ1) is 7.34. The molecule has 1 aliphatic heterocycles. The lowest BCUT2D eigenvalue weighted by Gasteiger charge is -2.22. The maximum Gasteiger partial charge on any atom is 0.157 e. The smallest absolute Gasteiger partial charge is 0.157 e. The topological polar surface area (TPSA) is 36.3 Å². The molecule has 0 radical (unpaired) electrons. The molecule has 0 bridgehead atoms. The summed E-state index contributed by atoms with van der Waals surface area (Å²) in [6, 6.07) is 0. The highest BCUT2D eigenvalue weighted by atomic mass is 79.9. The van der Waals surface area contributed by atoms with E-state index in [0.717, 1.165) is 30.5 Å². The molecule has 2 rings (SSSR count). The molecule has 1 saturated heterocycles. The van der Waals surface area contributed by atoms with Crippen LogP contribution in [0.5, 0.6) is 0 Å². The molecular weight excluding hydrogens is 260 g/mol. The van der Waals surface area contributed by atoms with Gasteiger partial charge in [-0.15, -0.1) is 0 Å². The van der Waals surface area contributed by atoms with Gasteiger partial charge in [0.25, 0.3) is 0 Å². The molecule has 1 aromatic rings. The van der Waals surface area contributed by atoms with E-state index in [1.165, 1.54) is 6.42 Å². The summed E-state index contributed by atoms with van der Waals surface area (Å²) in [6.45, 7) is 2.25. The number of ether oxygens (including phenoxy) is 2. The molecule has 0 spiro atoms. The summed E-state index contributed by atoms with van der Waals surface area (Å²) in [7, 11) is 0. The monoisotopic (exact) mass is 274 g/mol. The van der Waals surface area contributed by atoms with Gasteiger partial charge < -0.3 is 9.47 Å². The Bertz CT molecular complexity index is 297. The first-order valence-corrected chi connectivity index (χ1v) is 6.05. The van der Waals surface area contributed by atoms with E-state index in [4.69, 9.17) is 9.47 Å². The molecule has 0 unspecified atom stereocenters. The molecule has 5 heteroatoms. The van der Waals surface area contributed by atoms with Crippen LogP contribution < -0.4 is 0 Å². The van der Waals surface area contributed by atoms with Crippen molar-refractivity contribution in [1.29, 1.82) is 0 Å². The van der Waals surface area contributed by atoms with Crippen molar-refractivity contribution < 1.29 is 9.47 Å². The zero-order valence-electron chi connectivity index (χ0n) is 8.56. The third-order valence-electron chi connectivity index (χ3n) is 2.36. The van der Waals surface area contributed by atoms with Crippen LogP contribution in [0.3, 0.4) is 0 Å². The largest absolute Gasteiger partial charge is 0.353 e. The number of aromatic nitrogens is 2. The molecule has 0 aromatic carbocycles. The molecule has 1 fully saturated rings. The van der Waals surface area contributed by atoms with Crippen LogP contribution in [0.2, 0.25) is 0 Å². The lowest BCUT2D eigenvalue weighted by molar-refractivity contribution is -0.163. The molecule has 0 amide bonds. The third kappa shape index (κ3) is 3.59. The minimum Gasteiger partial charge on any atom is -0.353 e. The molecule has 0 N–H and O–H groups in total. The van der Waals surface area contributed by atoms with E-state index in [-0.39, 0.29) is 6.29 Å². The van der Waals surface area contributed by atoms with Crippen LogP contribution in [-0.2, 0) is 16.0 Å². The second-order valence-electron chi connectivity index (χ2n) is 3.59. The minimum absolute atomic E-state index is 0.00208. The molecule has 2 heterocycles. The standard InChI is InChI=1S/C10H15BrN2O2/c11-9-7-12-13(8-9)4-6-15-10-3-1-2-5-14-10/h7-8,10H,1-6H2/t10-/m1/s1. The van der Waals surface area contributed by atoms with Crippen LogP contribution in [0.4, 0.5) is 0 Å². The van der Waals surface area contributed by atoms with Gasteiger partial charge in [-0.2, -0.15) is 5.10 Å². The molecule has 1 aliphatic rings. The lowest BCUT2D eigenvalue weighted by atomic mass is 10.2. The highest BCUT2D eigenvalue weighted by Gasteiger charge is 2.13. The van der Waals surface area contributed by atoms with Gasteiger partial charge in [-0.3, -0.25) is 4.68 Å². The van der Waals surface area contributed by atoms with Gasteiger partial charge in [0, 0.05) is 12.8 Å². The summed E-state index contributed by atoms with van der Waals surface area (Å²) in [4.78, 5) is 0. The van der Waals surface area contributed by atoms with Crippen molar-refractivity contribution in [2.24, 2.45) is 0 Å². The molecule has 1 aromatic heterocycles. The fraction of sp³-hybridized carbons (Fsp3) is 0.700. The van der Waals surface area contributed by atoms with Crippen molar-refractivity contribution in [2.45, 2.75) is 32.1 Å². The second-order valence-corrected chi connectivity index (χ2v) is 4.50. The summed E-state index contributed by atoms with van der Waals surface area (Å²) >= 11 is 3.35. The van der Waals surface area contributed by atoms with Gasteiger partial charge in [0.1, 0.15) is 0 Å². The number of halogens is 1. The van der Waals surface area contributed by atoms with E-state index in [9.17, 15) is 0 Å². The van der Waals surface area contributed by atoms with Gasteiger partial charge in [0.15, 0.2) is 6.29 Å². The first kappa shape index (κ1) is 11.1. The maximum atomic E-state index is 5.60. The number of hydrogen-bond donors (Lipinski definition) is 0. The van der Waals surface area contributed by atoms with Gasteiger partial charge in [0.2, 0.25) is 0 Å². The summed E-state index contributed by atoms with van der Waals surface area (Å²) in [5, 5.41) is 4.15. The Morgan fingerprint density at radius 2 is 2.53 bits per heavy atom. The van der Waals surface area contributed by atoms with Gasteiger partial charge in [-0.1, -0.05) is 0 Å². The maximum absolute atomic E-state index is 5.60. The van der Waals surface area contributed by atoms with Crippen LogP contribution in [0, 0.1) is 0 Å². The highest BCUT2D eigenvalue weighted by molar-refractivity contribution is 9.10. The predicted molar refractivity (Wildman–Crippen MR) is 59.5 cm³/mol. The second kappa shape index (κ2) is 5.63. The molecule has 84 valence electrons. The van der Waals surface area contributed by atoms with Gasteiger partial charge >= 0.3 is 0 Å². The number of nitrogens with zero attached hydrogens (tertiary/aromatic N) is 2. The van der Waals surface area contributed by atoms with Gasteiger partial charge in [0.05, 0.1) is 23.8 Å². The summed E-state index contributed by atoms with van der Waals surface area (Å²) in [5.74, 6) is 0. The average molecular weight is 275 g/mol. The van der Waals surface area contributed by atoms with E-state index >= 15 is 0 Å². The van der Waals surface area contributed by atoms with E-state index in [1.807, 2.05) is 10.9 Å². The zero-order chi connectivity index (χ0) is 10.5. The molecule has 0 aliphatic carbocycles. The predicted octanol–water partition coefficient (Wildman–Crippen LogP) is 2.19. The molecule has 1 atom stereocenters. The fourth-order valence-corrected chi connectivity index (χ4v) is 1.91. The summed E-state index contributed by atoms with van der Waals surface area (Å²) in [5.41, 5.74) is 0. The Balaban J connectivity index is 1.65. The van der Waals surface area contributed by atoms with Crippen molar-refractivity contribution in [3.63, 3.8) is 0 Å². The van der Waals surface area contributed by atoms with Crippen LogP contribution in [-0.4, -0.2) is 29.3 Å². The lowest BCUT2D eigenvalue weighted by Crippen LogP contribution is -2.24. The molecule has 15 heavy (non-hydrogen) atoms. The van der Waals surface area contributed by atoms with Crippen molar-refractivity contribution in [3.8, 4) is 0 Å². The van der Waals surface area contributed by atoms with Crippen molar-refractivity contribution in [3.05, 3.63) is 16.9 Å². The van der Waals surface area contributed by atoms with Gasteiger partial charge in [-0.25, -0.2) is 0 Å². The molecule has 0 saturated carbocycles. The fourth-order valence-electron chi connectivity index (χ4n) is 1.58. The van der Waals surface area contributed by atoms with E-state index in [0.29, 0.717) is 6.61 Å². The molecular formula is C10H15BrN2O2. The number of hydrogen-bond acceptors (Lipinski definition) is 3. The molecule has 4 nitrogen and oxygen atoms in total. The summed E-state index contributed by atoms with van der Waals surface area (Å²) < 4.78 is 13.9. The van der Waals surface area contributed by atoms with Crippen molar-refractivity contribution in [1.82, 2.24) is 9.78 Å². The van der Waals surface area contributed by atoms with Gasteiger partial charge in [-0.05, 0) is 35.2 Å². The number of rotatable bonds is 4. The zero-order valence-corrected chi connectivity index (χ0v) is 10.1. The Kier molecular flexibility index (Phi) is 4.17. The van der Waals surface area contributed by atoms with E-state index in [1.54, 1.807) is 6.20 Å². The normalized spacial score (nSPS) is 21.8.